The number of halogens is 3. The number of aryl methyl sites for hydroxylation is 1. The quantitative estimate of drug-likeness (QED) is 0.403. The van der Waals surface area contributed by atoms with Gasteiger partial charge in [-0.25, -0.2) is 4.79 Å². The summed E-state index contributed by atoms with van der Waals surface area (Å²) >= 11 is 1.28. The highest BCUT2D eigenvalue weighted by atomic mass is 32.1. The number of hydrogen-bond donors (Lipinski definition) is 2. The van der Waals surface area contributed by atoms with Gasteiger partial charge >= 0.3 is 12.1 Å². The van der Waals surface area contributed by atoms with Crippen LogP contribution >= 0.6 is 11.3 Å². The zero-order chi connectivity index (χ0) is 24.6. The molecule has 11 heteroatoms. The Kier molecular flexibility index (Phi) is 6.24. The Labute approximate surface area is 194 Å². The van der Waals surface area contributed by atoms with Crippen LogP contribution in [0.1, 0.15) is 12.5 Å². The summed E-state index contributed by atoms with van der Waals surface area (Å²) in [6, 6.07) is 12.0. The van der Waals surface area contributed by atoms with Gasteiger partial charge in [-0.15, -0.1) is 24.5 Å². The van der Waals surface area contributed by atoms with Crippen LogP contribution in [0, 0.1) is 6.92 Å². The molecule has 0 aliphatic carbocycles. The largest absolute Gasteiger partial charge is 0.573 e. The molecule has 2 aromatic heterocycles. The fourth-order valence-electron chi connectivity index (χ4n) is 3.50. The van der Waals surface area contributed by atoms with Crippen molar-refractivity contribution in [1.29, 1.82) is 0 Å². The number of nitrogens with zero attached hydrogens (tertiary/aromatic N) is 1. The Morgan fingerprint density at radius 2 is 1.59 bits per heavy atom. The average Bonchev–Trinajstić information content (AvgIpc) is 3.09. The van der Waals surface area contributed by atoms with Crippen LogP contribution in [0.5, 0.6) is 17.2 Å². The summed E-state index contributed by atoms with van der Waals surface area (Å²) in [6.45, 7) is 3.39. The van der Waals surface area contributed by atoms with Crippen LogP contribution in [0.3, 0.4) is 0 Å². The number of alkyl halides is 3. The first-order chi connectivity index (χ1) is 16.0. The van der Waals surface area contributed by atoms with Crippen molar-refractivity contribution in [2.45, 2.75) is 32.9 Å². The lowest BCUT2D eigenvalue weighted by Crippen LogP contribution is -2.32. The number of fused-ring (bicyclic) bond motifs is 1. The number of aromatic amines is 1. The molecule has 2 N–H and O–H groups in total. The number of ether oxygens (including phenoxy) is 2. The zero-order valence-electron chi connectivity index (χ0n) is 18.0. The standard InChI is InChI=1S/C23H19F3N2O5S/c1-12(29)11-28-21-18(20(30)27-22(28)31)13(2)19(34-21)14-3-5-15(6-4-14)32-16-7-9-17(10-8-16)33-23(24,25)26/h3-10,12,29H,11H2,1-2H3,(H,27,30,31)/t12-/m0/s1. The van der Waals surface area contributed by atoms with Crippen molar-refractivity contribution in [3.8, 4) is 27.7 Å². The molecule has 0 aliphatic heterocycles. The second-order valence-corrected chi connectivity index (χ2v) is 8.60. The summed E-state index contributed by atoms with van der Waals surface area (Å²) in [4.78, 5) is 28.3. The molecule has 7 nitrogen and oxygen atoms in total. The van der Waals surface area contributed by atoms with E-state index in [4.69, 9.17) is 4.74 Å². The second kappa shape index (κ2) is 8.99. The van der Waals surface area contributed by atoms with Crippen molar-refractivity contribution in [1.82, 2.24) is 9.55 Å². The predicted molar refractivity (Wildman–Crippen MR) is 122 cm³/mol. The van der Waals surface area contributed by atoms with Crippen molar-refractivity contribution < 1.29 is 27.8 Å². The van der Waals surface area contributed by atoms with Crippen LogP contribution in [0.15, 0.2) is 58.1 Å². The summed E-state index contributed by atoms with van der Waals surface area (Å²) in [6.07, 6.45) is -5.54. The van der Waals surface area contributed by atoms with Crippen LogP contribution in [-0.4, -0.2) is 27.1 Å². The third kappa shape index (κ3) is 5.00. The van der Waals surface area contributed by atoms with Crippen LogP contribution in [-0.2, 0) is 6.54 Å². The summed E-state index contributed by atoms with van der Waals surface area (Å²) in [5, 5.41) is 10.1. The predicted octanol–water partition coefficient (Wildman–Crippen LogP) is 4.80. The van der Waals surface area contributed by atoms with Gasteiger partial charge in [-0.3, -0.25) is 14.3 Å². The van der Waals surface area contributed by atoms with Gasteiger partial charge in [0, 0.05) is 4.88 Å². The van der Waals surface area contributed by atoms with Crippen LogP contribution in [0.4, 0.5) is 13.2 Å². The van der Waals surface area contributed by atoms with Crippen molar-refractivity contribution in [2.24, 2.45) is 0 Å². The van der Waals surface area contributed by atoms with E-state index in [1.165, 1.54) is 28.0 Å². The summed E-state index contributed by atoms with van der Waals surface area (Å²) in [5.74, 6) is 0.435. The maximum absolute atomic E-state index is 12.4. The molecule has 0 fully saturated rings. The first-order valence-electron chi connectivity index (χ1n) is 10.1. The van der Waals surface area contributed by atoms with Crippen molar-refractivity contribution in [3.63, 3.8) is 0 Å². The van der Waals surface area contributed by atoms with Gasteiger partial charge < -0.3 is 14.6 Å². The van der Waals surface area contributed by atoms with Crippen LogP contribution in [0.2, 0.25) is 0 Å². The average molecular weight is 492 g/mol. The Bertz CT molecular complexity index is 1440. The Hall–Kier alpha value is -3.57. The van der Waals surface area contributed by atoms with Gasteiger partial charge in [0.25, 0.3) is 5.56 Å². The van der Waals surface area contributed by atoms with E-state index < -0.39 is 23.7 Å². The third-order valence-corrected chi connectivity index (χ3v) is 6.29. The lowest BCUT2D eigenvalue weighted by molar-refractivity contribution is -0.274. The Balaban J connectivity index is 1.61. The number of thiophene rings is 1. The smallest absolute Gasteiger partial charge is 0.457 e. The van der Waals surface area contributed by atoms with Gasteiger partial charge in [0.15, 0.2) is 0 Å². The molecule has 2 heterocycles. The minimum Gasteiger partial charge on any atom is -0.457 e. The molecule has 0 saturated carbocycles. The number of H-pyrrole nitrogens is 1. The molecular formula is C23H19F3N2O5S. The Morgan fingerprint density at radius 3 is 2.15 bits per heavy atom. The van der Waals surface area contributed by atoms with E-state index in [-0.39, 0.29) is 12.3 Å². The highest BCUT2D eigenvalue weighted by Crippen LogP contribution is 2.37. The van der Waals surface area contributed by atoms with Gasteiger partial charge in [0.2, 0.25) is 0 Å². The lowest BCUT2D eigenvalue weighted by atomic mass is 10.1. The lowest BCUT2D eigenvalue weighted by Gasteiger charge is -2.10. The number of aliphatic hydroxyl groups excluding tert-OH is 1. The topological polar surface area (TPSA) is 93.5 Å². The van der Waals surface area contributed by atoms with E-state index >= 15 is 0 Å². The molecule has 34 heavy (non-hydrogen) atoms. The molecule has 0 aliphatic rings. The van der Waals surface area contributed by atoms with E-state index in [2.05, 4.69) is 9.72 Å². The van der Waals surface area contributed by atoms with E-state index in [0.29, 0.717) is 27.3 Å². The normalized spacial score (nSPS) is 12.6. The first-order valence-corrected chi connectivity index (χ1v) is 10.9. The summed E-state index contributed by atoms with van der Waals surface area (Å²) < 4.78 is 47.7. The number of benzene rings is 2. The van der Waals surface area contributed by atoms with Gasteiger partial charge in [-0.1, -0.05) is 0 Å². The molecule has 4 rings (SSSR count). The molecule has 0 amide bonds. The number of hydrogen-bond acceptors (Lipinski definition) is 6. The highest BCUT2D eigenvalue weighted by Gasteiger charge is 2.31. The van der Waals surface area contributed by atoms with Gasteiger partial charge in [-0.2, -0.15) is 0 Å². The highest BCUT2D eigenvalue weighted by molar-refractivity contribution is 7.22. The van der Waals surface area contributed by atoms with E-state index in [1.807, 2.05) is 0 Å². The molecule has 0 bridgehead atoms. The molecule has 2 aromatic carbocycles. The summed E-state index contributed by atoms with van der Waals surface area (Å²) in [7, 11) is 0. The zero-order valence-corrected chi connectivity index (χ0v) is 18.8. The second-order valence-electron chi connectivity index (χ2n) is 7.60. The first kappa shape index (κ1) is 23.6. The molecule has 0 spiro atoms. The minimum atomic E-state index is -4.77. The van der Waals surface area contributed by atoms with Gasteiger partial charge in [0.05, 0.1) is 18.0 Å². The van der Waals surface area contributed by atoms with Crippen LogP contribution in [0.25, 0.3) is 20.7 Å². The van der Waals surface area contributed by atoms with Gasteiger partial charge in [-0.05, 0) is 73.5 Å². The van der Waals surface area contributed by atoms with Gasteiger partial charge in [0.1, 0.15) is 22.1 Å². The van der Waals surface area contributed by atoms with Crippen molar-refractivity contribution in [3.05, 3.63) is 74.9 Å². The fraction of sp³-hybridized carbons (Fsp3) is 0.217. The molecule has 0 radical (unpaired) electrons. The van der Waals surface area contributed by atoms with E-state index in [1.54, 1.807) is 38.1 Å². The minimum absolute atomic E-state index is 0.0467. The van der Waals surface area contributed by atoms with E-state index in [9.17, 15) is 27.9 Å². The van der Waals surface area contributed by atoms with Crippen molar-refractivity contribution >= 4 is 21.6 Å². The van der Waals surface area contributed by atoms with Crippen molar-refractivity contribution in [2.75, 3.05) is 0 Å². The number of aromatic nitrogens is 2. The maximum Gasteiger partial charge on any atom is 0.573 e. The van der Waals surface area contributed by atoms with Crippen LogP contribution < -0.4 is 20.7 Å². The third-order valence-electron chi connectivity index (χ3n) is 4.92. The fourth-order valence-corrected chi connectivity index (χ4v) is 4.82. The number of rotatable bonds is 6. The monoisotopic (exact) mass is 492 g/mol. The molecule has 0 saturated heterocycles. The molecule has 178 valence electrons. The molecular weight excluding hydrogens is 473 g/mol. The maximum atomic E-state index is 12.4. The number of aliphatic hydroxyl groups is 1. The molecule has 0 unspecified atom stereocenters. The van der Waals surface area contributed by atoms with E-state index in [0.717, 1.165) is 22.6 Å². The SMILES string of the molecule is Cc1c(-c2ccc(Oc3ccc(OC(F)(F)F)cc3)cc2)sc2c1c(=O)[nH]c(=O)n2C[C@H](C)O. The Morgan fingerprint density at radius 1 is 1.03 bits per heavy atom. The number of nitrogens with one attached hydrogen (secondary N) is 1. The summed E-state index contributed by atoms with van der Waals surface area (Å²) in [5.41, 5.74) is 0.422. The molecule has 4 aromatic rings. The molecule has 1 atom stereocenters.